The summed E-state index contributed by atoms with van der Waals surface area (Å²) >= 11 is 0. The number of allylic oxidation sites excluding steroid dienone is 1. The molecule has 3 rings (SSSR count). The molecule has 0 bridgehead atoms. The van der Waals surface area contributed by atoms with Crippen LogP contribution in [-0.4, -0.2) is 6.29 Å². The van der Waals surface area contributed by atoms with Crippen molar-refractivity contribution in [1.82, 2.24) is 0 Å². The lowest BCUT2D eigenvalue weighted by Crippen LogP contribution is -2.19. The quantitative estimate of drug-likeness (QED) is 0.631. The van der Waals surface area contributed by atoms with Crippen LogP contribution in [0.1, 0.15) is 19.3 Å². The maximum atomic E-state index is 5.70. The van der Waals surface area contributed by atoms with Crippen molar-refractivity contribution < 1.29 is 9.47 Å². The molecule has 0 N–H and O–H groups in total. The maximum Gasteiger partial charge on any atom is 0.263 e. The first kappa shape index (κ1) is 7.92. The van der Waals surface area contributed by atoms with Crippen LogP contribution in [0, 0.1) is 0 Å². The molecule has 0 aromatic heterocycles. The molecule has 0 atom stereocenters. The zero-order valence-electron chi connectivity index (χ0n) is 7.90. The molecule has 0 saturated heterocycles. The van der Waals surface area contributed by atoms with Gasteiger partial charge in [0.25, 0.3) is 6.29 Å². The predicted molar refractivity (Wildman–Crippen MR) is 53.4 cm³/mol. The van der Waals surface area contributed by atoms with Gasteiger partial charge in [-0.1, -0.05) is 18.2 Å². The van der Waals surface area contributed by atoms with E-state index in [0.717, 1.165) is 24.3 Å². The fourth-order valence-electron chi connectivity index (χ4n) is 1.96. The van der Waals surface area contributed by atoms with Crippen LogP contribution in [0.15, 0.2) is 35.9 Å². The Kier molecular flexibility index (Phi) is 1.72. The molecule has 2 nitrogen and oxygen atoms in total. The second-order valence-corrected chi connectivity index (χ2v) is 3.69. The Labute approximate surface area is 83.1 Å². The first-order chi connectivity index (χ1) is 6.93. The largest absolute Gasteiger partial charge is 0.447 e. The van der Waals surface area contributed by atoms with E-state index in [4.69, 9.17) is 9.47 Å². The van der Waals surface area contributed by atoms with Gasteiger partial charge in [-0.2, -0.15) is 0 Å². The summed E-state index contributed by atoms with van der Waals surface area (Å²) in [6, 6.07) is 7.83. The summed E-state index contributed by atoms with van der Waals surface area (Å²) in [4.78, 5) is 0. The smallest absolute Gasteiger partial charge is 0.263 e. The van der Waals surface area contributed by atoms with Crippen LogP contribution in [0.5, 0.6) is 11.5 Å². The molecule has 2 aliphatic rings. The van der Waals surface area contributed by atoms with Crippen LogP contribution < -0.4 is 9.47 Å². The van der Waals surface area contributed by atoms with Crippen molar-refractivity contribution in [3.8, 4) is 11.5 Å². The first-order valence-corrected chi connectivity index (χ1v) is 5.05. The van der Waals surface area contributed by atoms with Crippen molar-refractivity contribution in [2.45, 2.75) is 25.6 Å². The minimum absolute atomic E-state index is 0.158. The van der Waals surface area contributed by atoms with E-state index in [9.17, 15) is 0 Å². The summed E-state index contributed by atoms with van der Waals surface area (Å²) in [6.45, 7) is 0. The van der Waals surface area contributed by atoms with Gasteiger partial charge in [-0.15, -0.1) is 0 Å². The Balaban J connectivity index is 1.84. The van der Waals surface area contributed by atoms with Crippen LogP contribution in [0.2, 0.25) is 0 Å². The first-order valence-electron chi connectivity index (χ1n) is 5.05. The van der Waals surface area contributed by atoms with E-state index in [0.29, 0.717) is 0 Å². The van der Waals surface area contributed by atoms with E-state index in [-0.39, 0.29) is 6.29 Å². The van der Waals surface area contributed by atoms with Crippen LogP contribution in [0.25, 0.3) is 0 Å². The Bertz CT molecular complexity index is 357. The highest BCUT2D eigenvalue weighted by molar-refractivity contribution is 5.43. The monoisotopic (exact) mass is 188 g/mol. The zero-order chi connectivity index (χ0) is 9.38. The van der Waals surface area contributed by atoms with Crippen LogP contribution in [0.4, 0.5) is 0 Å². The lowest BCUT2D eigenvalue weighted by atomic mass is 10.2. The molecule has 1 aromatic rings. The molecule has 1 aliphatic heterocycles. The molecule has 0 radical (unpaired) electrons. The maximum absolute atomic E-state index is 5.70. The summed E-state index contributed by atoms with van der Waals surface area (Å²) in [5, 5.41) is 0. The van der Waals surface area contributed by atoms with Gasteiger partial charge in [0, 0.05) is 5.57 Å². The molecule has 1 aromatic carbocycles. The van der Waals surface area contributed by atoms with E-state index < -0.39 is 0 Å². The van der Waals surface area contributed by atoms with E-state index in [1.54, 1.807) is 0 Å². The van der Waals surface area contributed by atoms with Gasteiger partial charge in [0.1, 0.15) is 0 Å². The third-order valence-electron chi connectivity index (χ3n) is 2.70. The van der Waals surface area contributed by atoms with Gasteiger partial charge in [-0.05, 0) is 31.4 Å². The average Bonchev–Trinajstić information content (AvgIpc) is 2.86. The highest BCUT2D eigenvalue weighted by atomic mass is 16.7. The van der Waals surface area contributed by atoms with Crippen molar-refractivity contribution in [2.24, 2.45) is 0 Å². The van der Waals surface area contributed by atoms with Gasteiger partial charge >= 0.3 is 0 Å². The number of ether oxygens (including phenoxy) is 2. The average molecular weight is 188 g/mol. The summed E-state index contributed by atoms with van der Waals surface area (Å²) in [6.07, 6.45) is 5.58. The highest BCUT2D eigenvalue weighted by Gasteiger charge is 2.27. The molecule has 14 heavy (non-hydrogen) atoms. The van der Waals surface area contributed by atoms with Crippen molar-refractivity contribution in [2.75, 3.05) is 0 Å². The van der Waals surface area contributed by atoms with Crippen molar-refractivity contribution in [3.05, 3.63) is 35.9 Å². The van der Waals surface area contributed by atoms with Gasteiger partial charge in [-0.3, -0.25) is 0 Å². The highest BCUT2D eigenvalue weighted by Crippen LogP contribution is 2.38. The number of hydrogen-bond acceptors (Lipinski definition) is 2. The summed E-state index contributed by atoms with van der Waals surface area (Å²) in [5.41, 5.74) is 1.29. The summed E-state index contributed by atoms with van der Waals surface area (Å²) < 4.78 is 11.4. The normalized spacial score (nSPS) is 19.9. The molecule has 1 aliphatic carbocycles. The predicted octanol–water partition coefficient (Wildman–Crippen LogP) is 2.89. The van der Waals surface area contributed by atoms with E-state index >= 15 is 0 Å². The molecular weight excluding hydrogens is 176 g/mol. The van der Waals surface area contributed by atoms with Crippen molar-refractivity contribution >= 4 is 0 Å². The molecule has 0 fully saturated rings. The van der Waals surface area contributed by atoms with Crippen LogP contribution in [0.3, 0.4) is 0 Å². The van der Waals surface area contributed by atoms with Gasteiger partial charge in [0.05, 0.1) is 0 Å². The molecule has 0 saturated carbocycles. The number of fused-ring (bicyclic) bond motifs is 1. The third kappa shape index (κ3) is 1.18. The van der Waals surface area contributed by atoms with Crippen LogP contribution >= 0.6 is 0 Å². The lowest BCUT2D eigenvalue weighted by molar-refractivity contribution is 0.0817. The second kappa shape index (κ2) is 3.05. The minimum atomic E-state index is -0.158. The zero-order valence-corrected chi connectivity index (χ0v) is 7.90. The third-order valence-corrected chi connectivity index (χ3v) is 2.70. The Morgan fingerprint density at radius 1 is 1.07 bits per heavy atom. The summed E-state index contributed by atoms with van der Waals surface area (Å²) in [5.74, 6) is 1.73. The second-order valence-electron chi connectivity index (χ2n) is 3.69. The summed E-state index contributed by atoms with van der Waals surface area (Å²) in [7, 11) is 0. The fraction of sp³-hybridized carbons (Fsp3) is 0.333. The minimum Gasteiger partial charge on any atom is -0.447 e. The topological polar surface area (TPSA) is 18.5 Å². The van der Waals surface area contributed by atoms with E-state index in [2.05, 4.69) is 6.08 Å². The van der Waals surface area contributed by atoms with Crippen molar-refractivity contribution in [3.63, 3.8) is 0 Å². The Hall–Kier alpha value is -1.44. The van der Waals surface area contributed by atoms with Gasteiger partial charge < -0.3 is 9.47 Å². The molecule has 0 amide bonds. The van der Waals surface area contributed by atoms with Crippen LogP contribution in [-0.2, 0) is 0 Å². The molecular formula is C12H12O2. The molecule has 0 spiro atoms. The lowest BCUT2D eigenvalue weighted by Gasteiger charge is -2.10. The van der Waals surface area contributed by atoms with E-state index in [1.165, 1.54) is 12.0 Å². The molecule has 1 heterocycles. The van der Waals surface area contributed by atoms with Gasteiger partial charge in [0.2, 0.25) is 0 Å². The Morgan fingerprint density at radius 3 is 2.36 bits per heavy atom. The Morgan fingerprint density at radius 2 is 1.79 bits per heavy atom. The van der Waals surface area contributed by atoms with E-state index in [1.807, 2.05) is 24.3 Å². The number of rotatable bonds is 1. The van der Waals surface area contributed by atoms with Gasteiger partial charge in [0.15, 0.2) is 11.5 Å². The fourth-order valence-corrected chi connectivity index (χ4v) is 1.96. The molecule has 0 unspecified atom stereocenters. The number of para-hydroxylation sites is 2. The van der Waals surface area contributed by atoms with Gasteiger partial charge in [-0.25, -0.2) is 0 Å². The molecule has 72 valence electrons. The molecule has 2 heteroatoms. The SMILES string of the molecule is C1=C(C2Oc3ccccc3O2)CCC1. The number of benzene rings is 1. The van der Waals surface area contributed by atoms with Crippen molar-refractivity contribution in [1.29, 1.82) is 0 Å². The number of hydrogen-bond donors (Lipinski definition) is 0. The standard InChI is InChI=1S/C12H12O2/c1-2-6-9(5-1)12-13-10-7-3-4-8-11(10)14-12/h3-5,7-8,12H,1-2,6H2.